The Hall–Kier alpha value is -1.20. The highest BCUT2D eigenvalue weighted by Crippen LogP contribution is 2.48. The van der Waals surface area contributed by atoms with E-state index in [1.165, 1.54) is 5.57 Å². The Kier molecular flexibility index (Phi) is 8.48. The molecule has 2 rings (SSSR count). The molecule has 0 bridgehead atoms. The van der Waals surface area contributed by atoms with E-state index < -0.39 is 0 Å². The summed E-state index contributed by atoms with van der Waals surface area (Å²) in [5.41, 5.74) is 0.786. The molecule has 1 saturated carbocycles. The van der Waals surface area contributed by atoms with Gasteiger partial charge in [-0.05, 0) is 56.1 Å². The summed E-state index contributed by atoms with van der Waals surface area (Å²) in [7, 11) is 1.54. The molecule has 5 heteroatoms. The predicted molar refractivity (Wildman–Crippen MR) is 119 cm³/mol. The molecule has 1 fully saturated rings. The van der Waals surface area contributed by atoms with Crippen molar-refractivity contribution in [2.24, 2.45) is 22.7 Å². The van der Waals surface area contributed by atoms with Gasteiger partial charge in [0.25, 0.3) is 0 Å². The lowest BCUT2D eigenvalue weighted by atomic mass is 9.64. The summed E-state index contributed by atoms with van der Waals surface area (Å²) < 4.78 is 5.09. The van der Waals surface area contributed by atoms with Crippen LogP contribution in [0.4, 0.5) is 0 Å². The van der Waals surface area contributed by atoms with E-state index in [1.54, 1.807) is 26.2 Å². The number of carbonyl (C=O) groups excluding carboxylic acids is 3. The average molecular weight is 421 g/mol. The van der Waals surface area contributed by atoms with Crippen molar-refractivity contribution in [3.8, 4) is 0 Å². The maximum atomic E-state index is 12.7. The molecular weight excluding hydrogens is 384 g/mol. The molecular formula is C24H36O4S. The number of methoxy groups -OCH3 is 1. The Morgan fingerprint density at radius 1 is 1.38 bits per heavy atom. The Morgan fingerprint density at radius 3 is 2.72 bits per heavy atom. The first kappa shape index (κ1) is 24.1. The highest BCUT2D eigenvalue weighted by molar-refractivity contribution is 7.80. The molecule has 162 valence electrons. The molecule has 0 saturated heterocycles. The van der Waals surface area contributed by atoms with Crippen LogP contribution in [0.5, 0.6) is 0 Å². The molecule has 0 aliphatic heterocycles. The van der Waals surface area contributed by atoms with E-state index in [9.17, 15) is 14.4 Å². The minimum absolute atomic E-state index is 0.0842. The van der Waals surface area contributed by atoms with Gasteiger partial charge in [0.1, 0.15) is 12.4 Å². The number of Topliss-reactive ketones (excluding diaryl/α,β-unsaturated/α-hetero) is 2. The highest BCUT2D eigenvalue weighted by atomic mass is 32.1. The molecule has 4 nitrogen and oxygen atoms in total. The normalized spacial score (nSPS) is 25.3. The van der Waals surface area contributed by atoms with Crippen LogP contribution in [0.15, 0.2) is 23.8 Å². The zero-order chi connectivity index (χ0) is 21.7. The fourth-order valence-corrected chi connectivity index (χ4v) is 5.72. The van der Waals surface area contributed by atoms with Crippen LogP contribution < -0.4 is 0 Å². The Balaban J connectivity index is 1.99. The molecule has 0 aromatic rings. The van der Waals surface area contributed by atoms with Gasteiger partial charge in [0.05, 0.1) is 0 Å². The summed E-state index contributed by atoms with van der Waals surface area (Å²) in [5, 5.41) is 0. The van der Waals surface area contributed by atoms with Gasteiger partial charge >= 0.3 is 0 Å². The van der Waals surface area contributed by atoms with Gasteiger partial charge < -0.3 is 9.53 Å². The van der Waals surface area contributed by atoms with E-state index >= 15 is 0 Å². The first-order valence-corrected chi connectivity index (χ1v) is 11.3. The van der Waals surface area contributed by atoms with Gasteiger partial charge in [0.15, 0.2) is 11.6 Å². The Bertz CT molecular complexity index is 691. The molecule has 0 aromatic carbocycles. The molecule has 29 heavy (non-hydrogen) atoms. The number of carbonyl (C=O) groups is 3. The van der Waals surface area contributed by atoms with Crippen LogP contribution in [0.2, 0.25) is 0 Å². The standard InChI is InChI=1S/C24H36O4S/c1-17(25)13-23(2,3)21(22(27)15-28-4)7-5-6-18-8-9-19-12-20(26)10-11-24(19,14-18)16-29/h10-12,18,21,29H,5-9,13-16H2,1-4H3/t18?,21-,24-/m1/s1. The summed E-state index contributed by atoms with van der Waals surface area (Å²) in [6.45, 7) is 5.73. The SMILES string of the molecule is COCC(=O)[C@@H](CCCC1CCC2=CC(=O)C=C[C@]2(CS)C1)C(C)(C)CC(C)=O. The maximum absolute atomic E-state index is 12.7. The largest absolute Gasteiger partial charge is 0.377 e. The van der Waals surface area contributed by atoms with Crippen molar-refractivity contribution in [1.82, 2.24) is 0 Å². The molecule has 3 atom stereocenters. The molecule has 1 unspecified atom stereocenters. The van der Waals surface area contributed by atoms with E-state index in [2.05, 4.69) is 18.7 Å². The Morgan fingerprint density at radius 2 is 2.10 bits per heavy atom. The Labute approximate surface area is 180 Å². The number of thiol groups is 1. The van der Waals surface area contributed by atoms with Crippen LogP contribution in [0.3, 0.4) is 0 Å². The minimum Gasteiger partial charge on any atom is -0.377 e. The van der Waals surface area contributed by atoms with Crippen LogP contribution in [0.25, 0.3) is 0 Å². The minimum atomic E-state index is -0.358. The zero-order valence-electron chi connectivity index (χ0n) is 18.3. The van der Waals surface area contributed by atoms with Gasteiger partial charge in [0.2, 0.25) is 0 Å². The summed E-state index contributed by atoms with van der Waals surface area (Å²) >= 11 is 4.60. The summed E-state index contributed by atoms with van der Waals surface area (Å²) in [6, 6.07) is 0. The second-order valence-corrected chi connectivity index (χ2v) is 9.89. The van der Waals surface area contributed by atoms with E-state index in [0.29, 0.717) is 12.3 Å². The number of allylic oxidation sites excluding steroid dienone is 4. The van der Waals surface area contributed by atoms with Crippen LogP contribution in [0, 0.1) is 22.7 Å². The van der Waals surface area contributed by atoms with Crippen molar-refractivity contribution in [2.75, 3.05) is 19.5 Å². The van der Waals surface area contributed by atoms with Crippen molar-refractivity contribution >= 4 is 30.0 Å². The molecule has 2 aliphatic rings. The molecule has 2 aliphatic carbocycles. The molecule has 0 N–H and O–H groups in total. The summed E-state index contributed by atoms with van der Waals surface area (Å²) in [4.78, 5) is 36.1. The van der Waals surface area contributed by atoms with E-state index in [4.69, 9.17) is 4.74 Å². The summed E-state index contributed by atoms with van der Waals surface area (Å²) in [5.74, 6) is 1.41. The second kappa shape index (κ2) is 10.2. The number of ketones is 3. The number of rotatable bonds is 11. The molecule has 0 aromatic heterocycles. The predicted octanol–water partition coefficient (Wildman–Crippen LogP) is 4.78. The van der Waals surface area contributed by atoms with Gasteiger partial charge in [0, 0.05) is 30.6 Å². The third-order valence-electron chi connectivity index (χ3n) is 6.71. The lowest BCUT2D eigenvalue weighted by Crippen LogP contribution is -2.35. The fourth-order valence-electron chi connectivity index (χ4n) is 5.28. The van der Waals surface area contributed by atoms with Crippen molar-refractivity contribution in [3.05, 3.63) is 23.8 Å². The van der Waals surface area contributed by atoms with Gasteiger partial charge in [-0.2, -0.15) is 12.6 Å². The number of fused-ring (bicyclic) bond motifs is 1. The number of ether oxygens (including phenoxy) is 1. The van der Waals surface area contributed by atoms with Crippen LogP contribution >= 0.6 is 12.6 Å². The van der Waals surface area contributed by atoms with E-state index in [1.807, 2.05) is 13.8 Å². The fraction of sp³-hybridized carbons (Fsp3) is 0.708. The molecule has 0 spiro atoms. The topological polar surface area (TPSA) is 60.4 Å². The lowest BCUT2D eigenvalue weighted by molar-refractivity contribution is -0.132. The first-order valence-electron chi connectivity index (χ1n) is 10.7. The molecule has 0 heterocycles. The van der Waals surface area contributed by atoms with Gasteiger partial charge in [-0.25, -0.2) is 0 Å². The van der Waals surface area contributed by atoms with Crippen LogP contribution in [-0.4, -0.2) is 36.8 Å². The maximum Gasteiger partial charge on any atom is 0.178 e. The van der Waals surface area contributed by atoms with Gasteiger partial charge in [-0.15, -0.1) is 0 Å². The van der Waals surface area contributed by atoms with Crippen molar-refractivity contribution in [2.45, 2.75) is 65.7 Å². The lowest BCUT2D eigenvalue weighted by Gasteiger charge is -2.42. The molecule has 0 radical (unpaired) electrons. The van der Waals surface area contributed by atoms with Crippen molar-refractivity contribution in [1.29, 1.82) is 0 Å². The van der Waals surface area contributed by atoms with Gasteiger partial charge in [-0.3, -0.25) is 9.59 Å². The van der Waals surface area contributed by atoms with Crippen molar-refractivity contribution < 1.29 is 19.1 Å². The van der Waals surface area contributed by atoms with Crippen LogP contribution in [-0.2, 0) is 19.1 Å². The second-order valence-electron chi connectivity index (χ2n) is 9.58. The number of hydrogen-bond donors (Lipinski definition) is 1. The van der Waals surface area contributed by atoms with E-state index in [0.717, 1.165) is 44.3 Å². The van der Waals surface area contributed by atoms with Crippen LogP contribution in [0.1, 0.15) is 65.7 Å². The third kappa shape index (κ3) is 6.14. The smallest absolute Gasteiger partial charge is 0.178 e. The molecule has 0 amide bonds. The zero-order valence-corrected chi connectivity index (χ0v) is 19.2. The summed E-state index contributed by atoms with van der Waals surface area (Å²) in [6.07, 6.45) is 11.8. The quantitative estimate of drug-likeness (QED) is 0.489. The highest BCUT2D eigenvalue weighted by Gasteiger charge is 2.39. The number of hydrogen-bond acceptors (Lipinski definition) is 5. The average Bonchev–Trinajstić information content (AvgIpc) is 2.64. The first-order chi connectivity index (χ1) is 13.6. The van der Waals surface area contributed by atoms with Crippen molar-refractivity contribution in [3.63, 3.8) is 0 Å². The monoisotopic (exact) mass is 420 g/mol. The third-order valence-corrected chi connectivity index (χ3v) is 7.27. The van der Waals surface area contributed by atoms with E-state index in [-0.39, 0.29) is 40.7 Å². The van der Waals surface area contributed by atoms with Gasteiger partial charge in [-0.1, -0.05) is 38.3 Å².